The van der Waals surface area contributed by atoms with E-state index in [9.17, 15) is 13.2 Å². The molecule has 3 aromatic rings. The summed E-state index contributed by atoms with van der Waals surface area (Å²) < 4.78 is 28.4. The molecular formula is C25H28Cl2N2O3S2. The van der Waals surface area contributed by atoms with Gasteiger partial charge in [-0.25, -0.2) is 8.42 Å². The monoisotopic (exact) mass is 538 g/mol. The third kappa shape index (κ3) is 6.40. The number of nitrogens with zero attached hydrogens (tertiary/aromatic N) is 2. The van der Waals surface area contributed by atoms with Crippen LogP contribution in [0, 0.1) is 6.92 Å². The lowest BCUT2D eigenvalue weighted by Gasteiger charge is -2.31. The van der Waals surface area contributed by atoms with Gasteiger partial charge in [0.15, 0.2) is 0 Å². The van der Waals surface area contributed by atoms with Gasteiger partial charge in [0.05, 0.1) is 18.1 Å². The summed E-state index contributed by atoms with van der Waals surface area (Å²) in [7, 11) is -4.07. The Kier molecular flexibility index (Phi) is 9.18. The van der Waals surface area contributed by atoms with Crippen LogP contribution in [0.25, 0.3) is 0 Å². The molecule has 1 unspecified atom stereocenters. The smallest absolute Gasteiger partial charge is 0.245 e. The molecular weight excluding hydrogens is 511 g/mol. The number of halogens is 2. The van der Waals surface area contributed by atoms with Crippen molar-refractivity contribution in [3.63, 3.8) is 0 Å². The van der Waals surface area contributed by atoms with Crippen LogP contribution in [-0.2, 0) is 27.9 Å². The third-order valence-corrected chi connectivity index (χ3v) is 9.41. The molecule has 0 N–H and O–H groups in total. The van der Waals surface area contributed by atoms with Crippen molar-refractivity contribution in [2.45, 2.75) is 51.2 Å². The van der Waals surface area contributed by atoms with Crippen molar-refractivity contribution in [1.29, 1.82) is 0 Å². The number of amides is 1. The maximum atomic E-state index is 13.6. The van der Waals surface area contributed by atoms with Crippen LogP contribution in [0.5, 0.6) is 0 Å². The first kappa shape index (κ1) is 26.7. The second-order valence-electron chi connectivity index (χ2n) is 8.14. The molecule has 1 aromatic heterocycles. The molecule has 182 valence electrons. The van der Waals surface area contributed by atoms with Crippen LogP contribution in [0.2, 0.25) is 10.0 Å². The van der Waals surface area contributed by atoms with E-state index in [-0.39, 0.29) is 27.4 Å². The minimum absolute atomic E-state index is 0.0699. The maximum absolute atomic E-state index is 13.6. The normalized spacial score (nSPS) is 12.6. The molecule has 34 heavy (non-hydrogen) atoms. The highest BCUT2D eigenvalue weighted by Crippen LogP contribution is 2.29. The van der Waals surface area contributed by atoms with Gasteiger partial charge >= 0.3 is 0 Å². The molecule has 1 amide bonds. The summed E-state index contributed by atoms with van der Waals surface area (Å²) >= 11 is 13.9. The Hall–Kier alpha value is -1.90. The first-order valence-electron chi connectivity index (χ1n) is 10.9. The maximum Gasteiger partial charge on any atom is 0.245 e. The largest absolute Gasteiger partial charge is 0.332 e. The van der Waals surface area contributed by atoms with E-state index in [1.807, 2.05) is 55.6 Å². The zero-order valence-corrected chi connectivity index (χ0v) is 22.5. The van der Waals surface area contributed by atoms with Gasteiger partial charge in [-0.2, -0.15) is 4.31 Å². The highest BCUT2D eigenvalue weighted by atomic mass is 35.5. The fourth-order valence-electron chi connectivity index (χ4n) is 3.49. The molecule has 1 atom stereocenters. The number of aryl methyl sites for hydroxylation is 1. The van der Waals surface area contributed by atoms with E-state index in [0.717, 1.165) is 16.0 Å². The topological polar surface area (TPSA) is 57.7 Å². The van der Waals surface area contributed by atoms with E-state index >= 15 is 0 Å². The Labute approximate surface area is 216 Å². The Bertz CT molecular complexity index is 1230. The Morgan fingerprint density at radius 2 is 1.76 bits per heavy atom. The van der Waals surface area contributed by atoms with Crippen molar-refractivity contribution in [2.24, 2.45) is 0 Å². The summed E-state index contributed by atoms with van der Waals surface area (Å²) in [6, 6.07) is 15.6. The van der Waals surface area contributed by atoms with E-state index in [4.69, 9.17) is 23.2 Å². The van der Waals surface area contributed by atoms with E-state index in [1.165, 1.54) is 22.5 Å². The Morgan fingerprint density at radius 3 is 2.38 bits per heavy atom. The minimum Gasteiger partial charge on any atom is -0.332 e. The first-order chi connectivity index (χ1) is 16.1. The lowest BCUT2D eigenvalue weighted by Crippen LogP contribution is -2.46. The molecule has 0 saturated heterocycles. The number of thiophene rings is 1. The quantitative estimate of drug-likeness (QED) is 0.300. The van der Waals surface area contributed by atoms with Crippen molar-refractivity contribution >= 4 is 50.5 Å². The molecule has 0 saturated carbocycles. The van der Waals surface area contributed by atoms with Crippen molar-refractivity contribution in [3.8, 4) is 0 Å². The number of rotatable bonds is 10. The van der Waals surface area contributed by atoms with Gasteiger partial charge in [-0.3, -0.25) is 4.79 Å². The second kappa shape index (κ2) is 11.7. The summed E-state index contributed by atoms with van der Waals surface area (Å²) in [6.45, 7) is 6.17. The van der Waals surface area contributed by atoms with E-state index in [2.05, 4.69) is 0 Å². The number of sulfonamides is 1. The van der Waals surface area contributed by atoms with Gasteiger partial charge in [-0.15, -0.1) is 11.3 Å². The standard InChI is InChI=1S/C25H28Cl2N2O3S2/c1-4-19(3)29(34(31,32)24-14-21(26)10-11-22(24)27)17-25(30)28(15-20-8-6-5-7-9-20)16-23-18(2)12-13-33-23/h5-14,19H,4,15-17H2,1-3H3. The van der Waals surface area contributed by atoms with Gasteiger partial charge in [-0.1, -0.05) is 60.5 Å². The molecule has 9 heteroatoms. The lowest BCUT2D eigenvalue weighted by atomic mass is 10.2. The van der Waals surface area contributed by atoms with Gasteiger partial charge in [0.25, 0.3) is 0 Å². The zero-order valence-electron chi connectivity index (χ0n) is 19.4. The van der Waals surface area contributed by atoms with Crippen molar-refractivity contribution < 1.29 is 13.2 Å². The molecule has 0 aliphatic carbocycles. The fraction of sp³-hybridized carbons (Fsp3) is 0.320. The minimum atomic E-state index is -4.07. The van der Waals surface area contributed by atoms with Gasteiger partial charge in [0.2, 0.25) is 15.9 Å². The molecule has 0 aliphatic rings. The summed E-state index contributed by atoms with van der Waals surface area (Å²) in [6.07, 6.45) is 0.535. The van der Waals surface area contributed by atoms with Crippen molar-refractivity contribution in [1.82, 2.24) is 9.21 Å². The molecule has 5 nitrogen and oxygen atoms in total. The van der Waals surface area contributed by atoms with Crippen molar-refractivity contribution in [2.75, 3.05) is 6.54 Å². The molecule has 0 radical (unpaired) electrons. The number of carbonyl (C=O) groups excluding carboxylic acids is 1. The van der Waals surface area contributed by atoms with Crippen LogP contribution in [-0.4, -0.2) is 36.1 Å². The molecule has 3 rings (SSSR count). The average molecular weight is 540 g/mol. The Balaban J connectivity index is 1.94. The molecule has 0 spiro atoms. The molecule has 1 heterocycles. The van der Waals surface area contributed by atoms with Crippen LogP contribution in [0.3, 0.4) is 0 Å². The van der Waals surface area contributed by atoms with E-state index in [0.29, 0.717) is 19.5 Å². The van der Waals surface area contributed by atoms with Gasteiger partial charge in [0.1, 0.15) is 4.90 Å². The van der Waals surface area contributed by atoms with Gasteiger partial charge in [0, 0.05) is 22.5 Å². The Morgan fingerprint density at radius 1 is 1.06 bits per heavy atom. The molecule has 0 aliphatic heterocycles. The number of carbonyl (C=O) groups is 1. The highest BCUT2D eigenvalue weighted by molar-refractivity contribution is 7.89. The summed E-state index contributed by atoms with van der Waals surface area (Å²) in [5.41, 5.74) is 2.08. The first-order valence-corrected chi connectivity index (χ1v) is 14.0. The van der Waals surface area contributed by atoms with Crippen LogP contribution in [0.4, 0.5) is 0 Å². The van der Waals surface area contributed by atoms with Crippen LogP contribution < -0.4 is 0 Å². The van der Waals surface area contributed by atoms with Gasteiger partial charge < -0.3 is 4.90 Å². The van der Waals surface area contributed by atoms with Gasteiger partial charge in [-0.05, 0) is 61.0 Å². The van der Waals surface area contributed by atoms with Crippen LogP contribution in [0.15, 0.2) is 64.9 Å². The number of hydrogen-bond acceptors (Lipinski definition) is 4. The zero-order chi connectivity index (χ0) is 24.9. The van der Waals surface area contributed by atoms with E-state index < -0.39 is 16.1 Å². The van der Waals surface area contributed by atoms with E-state index in [1.54, 1.807) is 23.2 Å². The molecule has 2 aromatic carbocycles. The number of hydrogen-bond donors (Lipinski definition) is 0. The predicted octanol–water partition coefficient (Wildman–Crippen LogP) is 6.38. The third-order valence-electron chi connectivity index (χ3n) is 5.73. The highest BCUT2D eigenvalue weighted by Gasteiger charge is 2.33. The van der Waals surface area contributed by atoms with Crippen LogP contribution in [0.1, 0.15) is 36.3 Å². The summed E-state index contributed by atoms with van der Waals surface area (Å²) in [5, 5.41) is 2.32. The molecule has 0 bridgehead atoms. The average Bonchev–Trinajstić information content (AvgIpc) is 3.22. The fourth-order valence-corrected chi connectivity index (χ4v) is 6.81. The number of benzene rings is 2. The second-order valence-corrected chi connectivity index (χ2v) is 11.8. The SMILES string of the molecule is CCC(C)N(CC(=O)N(Cc1ccccc1)Cc1sccc1C)S(=O)(=O)c1cc(Cl)ccc1Cl. The predicted molar refractivity (Wildman–Crippen MR) is 140 cm³/mol. The van der Waals surface area contributed by atoms with Crippen molar-refractivity contribution in [3.05, 3.63) is 86.0 Å². The summed E-state index contributed by atoms with van der Waals surface area (Å²) in [5.74, 6) is -0.279. The lowest BCUT2D eigenvalue weighted by molar-refractivity contribution is -0.133. The van der Waals surface area contributed by atoms with Crippen LogP contribution >= 0.6 is 34.5 Å². The summed E-state index contributed by atoms with van der Waals surface area (Å²) in [4.78, 5) is 16.3. The molecule has 0 fully saturated rings.